The largest absolute Gasteiger partial charge is 0.350 e. The van der Waals surface area contributed by atoms with Crippen LogP contribution < -0.4 is 5.32 Å². The van der Waals surface area contributed by atoms with Crippen molar-refractivity contribution in [2.75, 3.05) is 13.1 Å². The van der Waals surface area contributed by atoms with Crippen molar-refractivity contribution < 1.29 is 9.72 Å². The summed E-state index contributed by atoms with van der Waals surface area (Å²) in [6.07, 6.45) is 4.60. The van der Waals surface area contributed by atoms with Crippen LogP contribution in [0.15, 0.2) is 54.6 Å². The Morgan fingerprint density at radius 3 is 2.54 bits per heavy atom. The molecule has 0 spiro atoms. The number of para-hydroxylation sites is 1. The molecule has 0 aliphatic carbocycles. The number of hydrogen-bond donors (Lipinski definition) is 1. The Hall–Kier alpha value is -2.70. The maximum absolute atomic E-state index is 12.2. The number of nitrogens with one attached hydrogen (secondary N) is 1. The molecule has 1 fully saturated rings. The molecule has 1 aliphatic rings. The van der Waals surface area contributed by atoms with Crippen molar-refractivity contribution >= 4 is 29.3 Å². The molecule has 3 rings (SSSR count). The summed E-state index contributed by atoms with van der Waals surface area (Å²) in [5.41, 5.74) is 1.63. The van der Waals surface area contributed by atoms with Crippen molar-refractivity contribution in [3.63, 3.8) is 0 Å². The minimum Gasteiger partial charge on any atom is -0.350 e. The van der Waals surface area contributed by atoms with Gasteiger partial charge in [-0.15, -0.1) is 0 Å². The molecule has 1 saturated heterocycles. The number of carbonyl (C=O) groups is 1. The van der Waals surface area contributed by atoms with Crippen molar-refractivity contribution in [2.24, 2.45) is 0 Å². The fourth-order valence-corrected chi connectivity index (χ4v) is 3.42. The second-order valence-corrected chi connectivity index (χ2v) is 7.27. The van der Waals surface area contributed by atoms with Crippen LogP contribution in [0.4, 0.5) is 5.69 Å². The van der Waals surface area contributed by atoms with E-state index in [1.807, 2.05) is 24.3 Å². The number of carbonyl (C=O) groups excluding carboxylic acids is 1. The third-order valence-electron chi connectivity index (χ3n) is 4.80. The quantitative estimate of drug-likeness (QED) is 0.452. The molecular weight excluding hydrogens is 378 g/mol. The smallest absolute Gasteiger partial charge is 0.276 e. The highest BCUT2D eigenvalue weighted by Gasteiger charge is 2.20. The van der Waals surface area contributed by atoms with E-state index in [4.69, 9.17) is 11.6 Å². The first kappa shape index (κ1) is 20.0. The zero-order chi connectivity index (χ0) is 19.9. The van der Waals surface area contributed by atoms with E-state index >= 15 is 0 Å². The lowest BCUT2D eigenvalue weighted by atomic mass is 10.0. The van der Waals surface area contributed by atoms with Crippen LogP contribution in [-0.4, -0.2) is 34.9 Å². The molecule has 0 bridgehead atoms. The predicted molar refractivity (Wildman–Crippen MR) is 110 cm³/mol. The number of piperidine rings is 1. The molecule has 1 heterocycles. The molecule has 0 unspecified atom stereocenters. The summed E-state index contributed by atoms with van der Waals surface area (Å²) in [5, 5.41) is 14.7. The minimum absolute atomic E-state index is 0.0120. The number of hydrogen-bond acceptors (Lipinski definition) is 4. The van der Waals surface area contributed by atoms with Crippen LogP contribution in [-0.2, 0) is 11.3 Å². The van der Waals surface area contributed by atoms with Gasteiger partial charge in [0.05, 0.1) is 10.5 Å². The molecule has 1 N–H and O–H groups in total. The second kappa shape index (κ2) is 9.48. The van der Waals surface area contributed by atoms with Crippen LogP contribution in [0.3, 0.4) is 0 Å². The topological polar surface area (TPSA) is 75.5 Å². The highest BCUT2D eigenvalue weighted by atomic mass is 35.5. The number of nitrogens with zero attached hydrogens (tertiary/aromatic N) is 2. The zero-order valence-electron chi connectivity index (χ0n) is 15.4. The lowest BCUT2D eigenvalue weighted by Crippen LogP contribution is -2.43. The Kier molecular flexibility index (Phi) is 6.79. The van der Waals surface area contributed by atoms with E-state index in [0.29, 0.717) is 5.56 Å². The second-order valence-electron chi connectivity index (χ2n) is 6.83. The molecule has 6 nitrogen and oxygen atoms in total. The molecule has 1 amide bonds. The minimum atomic E-state index is -0.450. The molecule has 0 aromatic heterocycles. The molecule has 28 heavy (non-hydrogen) atoms. The third-order valence-corrected chi connectivity index (χ3v) is 5.05. The Balaban J connectivity index is 1.47. The molecular formula is C21H22ClN3O3. The van der Waals surface area contributed by atoms with E-state index < -0.39 is 4.92 Å². The molecule has 0 atom stereocenters. The van der Waals surface area contributed by atoms with Crippen LogP contribution in [0.1, 0.15) is 24.0 Å². The van der Waals surface area contributed by atoms with Crippen molar-refractivity contribution in [1.82, 2.24) is 10.2 Å². The number of nitro benzene ring substituents is 1. The van der Waals surface area contributed by atoms with Gasteiger partial charge in [0.15, 0.2) is 0 Å². The highest BCUT2D eigenvalue weighted by molar-refractivity contribution is 6.30. The SMILES string of the molecule is O=C(/C=C/c1ccccc1[N+](=O)[O-])NC1CCN(Cc2ccc(Cl)cc2)CC1. The van der Waals surface area contributed by atoms with Gasteiger partial charge in [-0.05, 0) is 42.7 Å². The van der Waals surface area contributed by atoms with E-state index in [9.17, 15) is 14.9 Å². The monoisotopic (exact) mass is 399 g/mol. The van der Waals surface area contributed by atoms with Crippen LogP contribution in [0.25, 0.3) is 6.08 Å². The predicted octanol–water partition coefficient (Wildman–Crippen LogP) is 4.04. The van der Waals surface area contributed by atoms with Gasteiger partial charge in [0, 0.05) is 42.8 Å². The van der Waals surface area contributed by atoms with Gasteiger partial charge < -0.3 is 5.32 Å². The van der Waals surface area contributed by atoms with E-state index in [-0.39, 0.29) is 17.6 Å². The summed E-state index contributed by atoms with van der Waals surface area (Å²) in [6, 6.07) is 14.3. The molecule has 0 saturated carbocycles. The van der Waals surface area contributed by atoms with Gasteiger partial charge in [0.2, 0.25) is 5.91 Å². The molecule has 2 aromatic rings. The van der Waals surface area contributed by atoms with Gasteiger partial charge in [-0.1, -0.05) is 35.9 Å². The van der Waals surface area contributed by atoms with Gasteiger partial charge in [-0.2, -0.15) is 0 Å². The van der Waals surface area contributed by atoms with Crippen molar-refractivity contribution in [2.45, 2.75) is 25.4 Å². The Bertz CT molecular complexity index is 859. The average molecular weight is 400 g/mol. The fourth-order valence-electron chi connectivity index (χ4n) is 3.29. The maximum Gasteiger partial charge on any atom is 0.276 e. The van der Waals surface area contributed by atoms with Crippen LogP contribution in [0, 0.1) is 10.1 Å². The van der Waals surface area contributed by atoms with Crippen molar-refractivity contribution in [3.05, 3.63) is 80.9 Å². The zero-order valence-corrected chi connectivity index (χ0v) is 16.1. The van der Waals surface area contributed by atoms with Crippen LogP contribution in [0.2, 0.25) is 5.02 Å². The summed E-state index contributed by atoms with van der Waals surface area (Å²) < 4.78 is 0. The van der Waals surface area contributed by atoms with Gasteiger partial charge in [-0.3, -0.25) is 19.8 Å². The van der Waals surface area contributed by atoms with Crippen molar-refractivity contribution in [1.29, 1.82) is 0 Å². The molecule has 2 aromatic carbocycles. The summed E-state index contributed by atoms with van der Waals surface area (Å²) in [4.78, 5) is 25.1. The Morgan fingerprint density at radius 2 is 1.86 bits per heavy atom. The van der Waals surface area contributed by atoms with E-state index in [0.717, 1.165) is 37.5 Å². The van der Waals surface area contributed by atoms with Crippen LogP contribution >= 0.6 is 11.6 Å². The normalized spacial score (nSPS) is 15.6. The maximum atomic E-state index is 12.2. The number of benzene rings is 2. The number of halogens is 1. The lowest BCUT2D eigenvalue weighted by Gasteiger charge is -2.32. The molecule has 0 radical (unpaired) electrons. The van der Waals surface area contributed by atoms with E-state index in [1.54, 1.807) is 18.2 Å². The first-order valence-corrected chi connectivity index (χ1v) is 9.58. The standard InChI is InChI=1S/C21H22ClN3O3/c22-18-8-5-16(6-9-18)15-24-13-11-19(12-14-24)23-21(26)10-7-17-3-1-2-4-20(17)25(27)28/h1-10,19H,11-15H2,(H,23,26)/b10-7+. The van der Waals surface area contributed by atoms with E-state index in [2.05, 4.69) is 10.2 Å². The average Bonchev–Trinajstić information content (AvgIpc) is 2.70. The first-order valence-electron chi connectivity index (χ1n) is 9.20. The van der Waals surface area contributed by atoms with Gasteiger partial charge in [0.1, 0.15) is 0 Å². The third kappa shape index (κ3) is 5.65. The molecule has 146 valence electrons. The van der Waals surface area contributed by atoms with Gasteiger partial charge in [0.25, 0.3) is 5.69 Å². The summed E-state index contributed by atoms with van der Waals surface area (Å²) in [5.74, 6) is -0.227. The number of rotatable bonds is 6. The Labute approximate surface area is 169 Å². The summed E-state index contributed by atoms with van der Waals surface area (Å²) in [7, 11) is 0. The Morgan fingerprint density at radius 1 is 1.18 bits per heavy atom. The van der Waals surface area contributed by atoms with Crippen LogP contribution in [0.5, 0.6) is 0 Å². The lowest BCUT2D eigenvalue weighted by molar-refractivity contribution is -0.385. The van der Waals surface area contributed by atoms with E-state index in [1.165, 1.54) is 23.8 Å². The van der Waals surface area contributed by atoms with Gasteiger partial charge >= 0.3 is 0 Å². The van der Waals surface area contributed by atoms with Crippen molar-refractivity contribution in [3.8, 4) is 0 Å². The fraction of sp³-hybridized carbons (Fsp3) is 0.286. The number of likely N-dealkylation sites (tertiary alicyclic amines) is 1. The highest BCUT2D eigenvalue weighted by Crippen LogP contribution is 2.19. The van der Waals surface area contributed by atoms with Gasteiger partial charge in [-0.25, -0.2) is 0 Å². The summed E-state index contributed by atoms with van der Waals surface area (Å²) in [6.45, 7) is 2.68. The molecule has 7 heteroatoms. The number of nitro groups is 1. The first-order chi connectivity index (χ1) is 13.5. The summed E-state index contributed by atoms with van der Waals surface area (Å²) >= 11 is 5.92. The number of amides is 1. The molecule has 1 aliphatic heterocycles.